The van der Waals surface area contributed by atoms with Crippen molar-refractivity contribution >= 4 is 5.91 Å². The zero-order chi connectivity index (χ0) is 15.1. The van der Waals surface area contributed by atoms with Crippen molar-refractivity contribution in [3.63, 3.8) is 0 Å². The van der Waals surface area contributed by atoms with E-state index in [-0.39, 0.29) is 12.0 Å². The summed E-state index contributed by atoms with van der Waals surface area (Å²) in [6.45, 7) is 5.59. The molecule has 2 N–H and O–H groups in total. The van der Waals surface area contributed by atoms with Gasteiger partial charge in [0.2, 0.25) is 5.91 Å². The average molecular weight is 292 g/mol. The molecule has 2 rings (SSSR count). The average Bonchev–Trinajstić information content (AvgIpc) is 2.89. The number of benzene rings is 1. The van der Waals surface area contributed by atoms with Gasteiger partial charge in [-0.2, -0.15) is 0 Å². The number of aliphatic hydroxyl groups excluding tert-OH is 1. The van der Waals surface area contributed by atoms with Gasteiger partial charge in [0.25, 0.3) is 0 Å². The lowest BCUT2D eigenvalue weighted by Crippen LogP contribution is -2.36. The van der Waals surface area contributed by atoms with Gasteiger partial charge in [-0.1, -0.05) is 24.3 Å². The van der Waals surface area contributed by atoms with E-state index in [0.29, 0.717) is 32.8 Å². The van der Waals surface area contributed by atoms with Crippen molar-refractivity contribution in [2.24, 2.45) is 0 Å². The SMILES string of the molecule is CCOCc1ccc(CNC(=O)CN2CC[C@H](O)C2)cc1. The molecule has 1 aromatic carbocycles. The summed E-state index contributed by atoms with van der Waals surface area (Å²) in [6, 6.07) is 8.06. The summed E-state index contributed by atoms with van der Waals surface area (Å²) in [7, 11) is 0. The minimum atomic E-state index is -0.282. The van der Waals surface area contributed by atoms with Crippen LogP contribution in [0.5, 0.6) is 0 Å². The third-order valence-electron chi connectivity index (χ3n) is 3.60. The lowest BCUT2D eigenvalue weighted by molar-refractivity contribution is -0.122. The molecular formula is C16H24N2O3. The van der Waals surface area contributed by atoms with Gasteiger partial charge in [-0.3, -0.25) is 9.69 Å². The van der Waals surface area contributed by atoms with Crippen molar-refractivity contribution < 1.29 is 14.6 Å². The molecule has 0 aromatic heterocycles. The number of nitrogens with zero attached hydrogens (tertiary/aromatic N) is 1. The predicted octanol–water partition coefficient (Wildman–Crippen LogP) is 0.906. The molecule has 1 aliphatic heterocycles. The van der Waals surface area contributed by atoms with Crippen LogP contribution >= 0.6 is 0 Å². The second-order valence-corrected chi connectivity index (χ2v) is 5.41. The molecule has 1 saturated heterocycles. The number of nitrogens with one attached hydrogen (secondary N) is 1. The first kappa shape index (κ1) is 15.9. The zero-order valence-corrected chi connectivity index (χ0v) is 12.5. The van der Waals surface area contributed by atoms with Crippen molar-refractivity contribution in [3.8, 4) is 0 Å². The van der Waals surface area contributed by atoms with Crippen molar-refractivity contribution in [2.45, 2.75) is 32.6 Å². The van der Waals surface area contributed by atoms with Crippen LogP contribution in [0.25, 0.3) is 0 Å². The summed E-state index contributed by atoms with van der Waals surface area (Å²) in [4.78, 5) is 13.8. The van der Waals surface area contributed by atoms with Crippen LogP contribution in [0.3, 0.4) is 0 Å². The molecule has 1 fully saturated rings. The number of amides is 1. The third kappa shape index (κ3) is 5.46. The first-order chi connectivity index (χ1) is 10.2. The van der Waals surface area contributed by atoms with E-state index in [1.54, 1.807) is 0 Å². The van der Waals surface area contributed by atoms with Gasteiger partial charge in [0.05, 0.1) is 19.3 Å². The summed E-state index contributed by atoms with van der Waals surface area (Å²) in [5.74, 6) is 0.00231. The summed E-state index contributed by atoms with van der Waals surface area (Å²) in [6.07, 6.45) is 0.477. The van der Waals surface area contributed by atoms with E-state index in [2.05, 4.69) is 5.32 Å². The van der Waals surface area contributed by atoms with Crippen LogP contribution in [0.15, 0.2) is 24.3 Å². The number of hydrogen-bond donors (Lipinski definition) is 2. The Bertz CT molecular complexity index is 447. The van der Waals surface area contributed by atoms with Crippen LogP contribution in [0.4, 0.5) is 0 Å². The molecule has 1 aromatic rings. The number of aliphatic hydroxyl groups is 1. The van der Waals surface area contributed by atoms with Crippen LogP contribution in [0.2, 0.25) is 0 Å². The molecule has 5 nitrogen and oxygen atoms in total. The smallest absolute Gasteiger partial charge is 0.234 e. The van der Waals surface area contributed by atoms with Crippen molar-refractivity contribution in [3.05, 3.63) is 35.4 Å². The molecule has 0 saturated carbocycles. The lowest BCUT2D eigenvalue weighted by Gasteiger charge is -2.14. The van der Waals surface area contributed by atoms with E-state index in [4.69, 9.17) is 4.74 Å². The largest absolute Gasteiger partial charge is 0.392 e. The van der Waals surface area contributed by atoms with Crippen molar-refractivity contribution in [1.29, 1.82) is 0 Å². The molecule has 116 valence electrons. The Labute approximate surface area is 125 Å². The first-order valence-electron chi connectivity index (χ1n) is 7.50. The van der Waals surface area contributed by atoms with E-state index in [9.17, 15) is 9.90 Å². The van der Waals surface area contributed by atoms with E-state index in [1.807, 2.05) is 36.1 Å². The summed E-state index contributed by atoms with van der Waals surface area (Å²) in [5, 5.41) is 12.3. The summed E-state index contributed by atoms with van der Waals surface area (Å²) in [5.41, 5.74) is 2.21. The van der Waals surface area contributed by atoms with Gasteiger partial charge in [0.15, 0.2) is 0 Å². The number of rotatable bonds is 7. The van der Waals surface area contributed by atoms with Crippen LogP contribution in [0, 0.1) is 0 Å². The van der Waals surface area contributed by atoms with E-state index >= 15 is 0 Å². The third-order valence-corrected chi connectivity index (χ3v) is 3.60. The minimum absolute atomic E-state index is 0.00231. The number of β-amino-alcohol motifs (C(OH)–C–C–N with tert-alkyl or cyclic N) is 1. The molecule has 0 aliphatic carbocycles. The first-order valence-corrected chi connectivity index (χ1v) is 7.50. The summed E-state index contributed by atoms with van der Waals surface area (Å²) >= 11 is 0. The number of hydrogen-bond acceptors (Lipinski definition) is 4. The highest BCUT2D eigenvalue weighted by Crippen LogP contribution is 2.08. The fraction of sp³-hybridized carbons (Fsp3) is 0.562. The highest BCUT2D eigenvalue weighted by atomic mass is 16.5. The monoisotopic (exact) mass is 292 g/mol. The van der Waals surface area contributed by atoms with Gasteiger partial charge in [-0.25, -0.2) is 0 Å². The van der Waals surface area contributed by atoms with E-state index in [1.165, 1.54) is 0 Å². The number of likely N-dealkylation sites (tertiary alicyclic amines) is 1. The number of carbonyl (C=O) groups excluding carboxylic acids is 1. The van der Waals surface area contributed by atoms with Crippen LogP contribution in [-0.2, 0) is 22.7 Å². The fourth-order valence-electron chi connectivity index (χ4n) is 2.39. The Hall–Kier alpha value is -1.43. The topological polar surface area (TPSA) is 61.8 Å². The maximum atomic E-state index is 11.8. The molecule has 1 atom stereocenters. The zero-order valence-electron chi connectivity index (χ0n) is 12.5. The van der Waals surface area contributed by atoms with Crippen LogP contribution < -0.4 is 5.32 Å². The minimum Gasteiger partial charge on any atom is -0.392 e. The van der Waals surface area contributed by atoms with Crippen molar-refractivity contribution in [1.82, 2.24) is 10.2 Å². The molecule has 0 radical (unpaired) electrons. The Morgan fingerprint density at radius 2 is 2.10 bits per heavy atom. The molecular weight excluding hydrogens is 268 g/mol. The molecule has 0 unspecified atom stereocenters. The molecule has 21 heavy (non-hydrogen) atoms. The Morgan fingerprint density at radius 1 is 1.38 bits per heavy atom. The Morgan fingerprint density at radius 3 is 2.71 bits per heavy atom. The maximum Gasteiger partial charge on any atom is 0.234 e. The van der Waals surface area contributed by atoms with E-state index in [0.717, 1.165) is 24.1 Å². The molecule has 0 bridgehead atoms. The second-order valence-electron chi connectivity index (χ2n) is 5.41. The normalized spacial score (nSPS) is 18.9. The van der Waals surface area contributed by atoms with Gasteiger partial charge in [0, 0.05) is 26.2 Å². The van der Waals surface area contributed by atoms with Gasteiger partial charge in [0.1, 0.15) is 0 Å². The van der Waals surface area contributed by atoms with Gasteiger partial charge in [-0.05, 0) is 24.5 Å². The van der Waals surface area contributed by atoms with Crippen LogP contribution in [-0.4, -0.2) is 48.3 Å². The van der Waals surface area contributed by atoms with Gasteiger partial charge >= 0.3 is 0 Å². The molecule has 5 heteroatoms. The molecule has 1 heterocycles. The number of ether oxygens (including phenoxy) is 1. The van der Waals surface area contributed by atoms with E-state index < -0.39 is 0 Å². The van der Waals surface area contributed by atoms with Gasteiger partial charge in [-0.15, -0.1) is 0 Å². The molecule has 1 aliphatic rings. The quantitative estimate of drug-likeness (QED) is 0.784. The Kier molecular flexibility index (Phi) is 6.17. The molecule has 1 amide bonds. The highest BCUT2D eigenvalue weighted by molar-refractivity contribution is 5.78. The highest BCUT2D eigenvalue weighted by Gasteiger charge is 2.21. The number of carbonyl (C=O) groups is 1. The predicted molar refractivity (Wildman–Crippen MR) is 80.7 cm³/mol. The fourth-order valence-corrected chi connectivity index (χ4v) is 2.39. The van der Waals surface area contributed by atoms with Crippen molar-refractivity contribution in [2.75, 3.05) is 26.2 Å². The standard InChI is InChI=1S/C16H24N2O3/c1-2-21-12-14-5-3-13(4-6-14)9-17-16(20)11-18-8-7-15(19)10-18/h3-6,15,19H,2,7-12H2,1H3,(H,17,20)/t15-/m0/s1. The Balaban J connectivity index is 1.71. The maximum absolute atomic E-state index is 11.8. The molecule has 0 spiro atoms. The second kappa shape index (κ2) is 8.12. The lowest BCUT2D eigenvalue weighted by atomic mass is 10.1. The van der Waals surface area contributed by atoms with Crippen LogP contribution in [0.1, 0.15) is 24.5 Å². The summed E-state index contributed by atoms with van der Waals surface area (Å²) < 4.78 is 5.34. The van der Waals surface area contributed by atoms with Gasteiger partial charge < -0.3 is 15.2 Å².